The zero-order valence-corrected chi connectivity index (χ0v) is 12.9. The summed E-state index contributed by atoms with van der Waals surface area (Å²) in [7, 11) is 0. The molecular formula is C19H21N3. The van der Waals surface area contributed by atoms with Gasteiger partial charge in [0.2, 0.25) is 0 Å². The van der Waals surface area contributed by atoms with Crippen LogP contribution in [0.3, 0.4) is 0 Å². The number of hydrogen-bond donors (Lipinski definition) is 0. The van der Waals surface area contributed by atoms with Gasteiger partial charge in [0, 0.05) is 6.42 Å². The summed E-state index contributed by atoms with van der Waals surface area (Å²) in [6.45, 7) is 2.21. The Morgan fingerprint density at radius 1 is 0.909 bits per heavy atom. The topological polar surface area (TPSA) is 30.7 Å². The molecule has 0 saturated carbocycles. The molecule has 0 radical (unpaired) electrons. The van der Waals surface area contributed by atoms with Crippen LogP contribution >= 0.6 is 0 Å². The predicted octanol–water partition coefficient (Wildman–Crippen LogP) is 4.20. The lowest BCUT2D eigenvalue weighted by atomic mass is 10.1. The molecule has 22 heavy (non-hydrogen) atoms. The molecule has 0 aliphatic heterocycles. The molecule has 0 aliphatic carbocycles. The Morgan fingerprint density at radius 2 is 1.59 bits per heavy atom. The van der Waals surface area contributed by atoms with Gasteiger partial charge in [0.15, 0.2) is 0 Å². The fourth-order valence-corrected chi connectivity index (χ4v) is 2.61. The second-order valence-corrected chi connectivity index (χ2v) is 5.50. The average Bonchev–Trinajstić information content (AvgIpc) is 2.97. The molecule has 0 amide bonds. The van der Waals surface area contributed by atoms with Crippen LogP contribution in [0.1, 0.15) is 36.7 Å². The van der Waals surface area contributed by atoms with Gasteiger partial charge in [0.05, 0.1) is 17.1 Å². The molecule has 3 nitrogen and oxygen atoms in total. The van der Waals surface area contributed by atoms with E-state index < -0.39 is 0 Å². The highest BCUT2D eigenvalue weighted by molar-refractivity contribution is 5.35. The summed E-state index contributed by atoms with van der Waals surface area (Å²) in [5, 5.41) is 8.84. The van der Waals surface area contributed by atoms with E-state index in [1.807, 2.05) is 28.9 Å². The third kappa shape index (κ3) is 3.25. The molecule has 0 N–H and O–H groups in total. The molecule has 3 aromatic rings. The molecule has 0 atom stereocenters. The van der Waals surface area contributed by atoms with Crippen molar-refractivity contribution >= 4 is 0 Å². The molecular weight excluding hydrogens is 270 g/mol. The van der Waals surface area contributed by atoms with Crippen LogP contribution in [-0.4, -0.2) is 15.0 Å². The van der Waals surface area contributed by atoms with Crippen LogP contribution in [0.15, 0.2) is 60.7 Å². The van der Waals surface area contributed by atoms with E-state index >= 15 is 0 Å². The highest BCUT2D eigenvalue weighted by Gasteiger charge is 2.14. The second-order valence-electron chi connectivity index (χ2n) is 5.50. The number of aryl methyl sites for hydroxylation is 1. The first-order chi connectivity index (χ1) is 10.9. The van der Waals surface area contributed by atoms with Crippen molar-refractivity contribution in [2.75, 3.05) is 0 Å². The number of nitrogens with zero attached hydrogens (tertiary/aromatic N) is 3. The van der Waals surface area contributed by atoms with Crippen molar-refractivity contribution in [1.82, 2.24) is 15.0 Å². The van der Waals surface area contributed by atoms with Crippen LogP contribution < -0.4 is 0 Å². The average molecular weight is 291 g/mol. The third-order valence-electron chi connectivity index (χ3n) is 3.83. The van der Waals surface area contributed by atoms with Crippen LogP contribution in [0.5, 0.6) is 0 Å². The lowest BCUT2D eigenvalue weighted by Gasteiger charge is -2.08. The molecule has 1 aromatic heterocycles. The van der Waals surface area contributed by atoms with Crippen molar-refractivity contribution < 1.29 is 0 Å². The van der Waals surface area contributed by atoms with Crippen molar-refractivity contribution in [3.8, 4) is 5.69 Å². The maximum absolute atomic E-state index is 4.44. The minimum Gasteiger partial charge on any atom is -0.217 e. The number of aromatic nitrogens is 3. The van der Waals surface area contributed by atoms with Gasteiger partial charge in [-0.2, -0.15) is 0 Å². The Bertz CT molecular complexity index is 702. The Morgan fingerprint density at radius 3 is 2.27 bits per heavy atom. The molecule has 3 rings (SSSR count). The van der Waals surface area contributed by atoms with E-state index in [0.29, 0.717) is 0 Å². The number of benzene rings is 2. The first kappa shape index (κ1) is 14.5. The number of para-hydroxylation sites is 1. The van der Waals surface area contributed by atoms with Gasteiger partial charge < -0.3 is 0 Å². The van der Waals surface area contributed by atoms with E-state index in [-0.39, 0.29) is 0 Å². The Labute approximate surface area is 131 Å². The van der Waals surface area contributed by atoms with Crippen LogP contribution in [0, 0.1) is 0 Å². The highest BCUT2D eigenvalue weighted by Crippen LogP contribution is 2.18. The van der Waals surface area contributed by atoms with Crippen molar-refractivity contribution in [2.24, 2.45) is 0 Å². The highest BCUT2D eigenvalue weighted by atomic mass is 15.4. The molecule has 1 heterocycles. The van der Waals surface area contributed by atoms with Gasteiger partial charge in [-0.1, -0.05) is 67.1 Å². The van der Waals surface area contributed by atoms with Crippen LogP contribution in [0.2, 0.25) is 0 Å². The van der Waals surface area contributed by atoms with Crippen molar-refractivity contribution in [3.05, 3.63) is 77.6 Å². The van der Waals surface area contributed by atoms with Gasteiger partial charge in [-0.05, 0) is 30.5 Å². The summed E-state index contributed by atoms with van der Waals surface area (Å²) in [5.41, 5.74) is 4.68. The number of hydrogen-bond acceptors (Lipinski definition) is 2. The van der Waals surface area contributed by atoms with Gasteiger partial charge >= 0.3 is 0 Å². The molecule has 0 aliphatic rings. The van der Waals surface area contributed by atoms with E-state index in [2.05, 4.69) is 53.6 Å². The van der Waals surface area contributed by atoms with Crippen molar-refractivity contribution in [2.45, 2.75) is 32.6 Å². The number of rotatable bonds is 6. The summed E-state index contributed by atoms with van der Waals surface area (Å²) >= 11 is 0. The van der Waals surface area contributed by atoms with E-state index in [1.54, 1.807) is 0 Å². The first-order valence-electron chi connectivity index (χ1n) is 7.91. The fourth-order valence-electron chi connectivity index (χ4n) is 2.61. The standard InChI is InChI=1S/C19H21N3/c1-2-3-14-18-19(15-16-10-6-4-7-11-16)22(21-20-18)17-12-8-5-9-13-17/h4-13H,2-3,14-15H2,1H3. The first-order valence-corrected chi connectivity index (χ1v) is 7.91. The third-order valence-corrected chi connectivity index (χ3v) is 3.83. The van der Waals surface area contributed by atoms with Gasteiger partial charge in [-0.25, -0.2) is 4.68 Å². The fraction of sp³-hybridized carbons (Fsp3) is 0.263. The molecule has 2 aromatic carbocycles. The van der Waals surface area contributed by atoms with E-state index in [1.165, 1.54) is 17.7 Å². The Hall–Kier alpha value is -2.42. The normalized spacial score (nSPS) is 10.8. The number of unbranched alkanes of at least 4 members (excludes halogenated alkanes) is 1. The SMILES string of the molecule is CCCCc1nnn(-c2ccccc2)c1Cc1ccccc1. The molecule has 0 saturated heterocycles. The summed E-state index contributed by atoms with van der Waals surface area (Å²) in [5.74, 6) is 0. The van der Waals surface area contributed by atoms with E-state index in [0.717, 1.165) is 30.6 Å². The van der Waals surface area contributed by atoms with Gasteiger partial charge in [-0.3, -0.25) is 0 Å². The summed E-state index contributed by atoms with van der Waals surface area (Å²) in [4.78, 5) is 0. The van der Waals surface area contributed by atoms with Crippen molar-refractivity contribution in [1.29, 1.82) is 0 Å². The van der Waals surface area contributed by atoms with Crippen LogP contribution in [0.25, 0.3) is 5.69 Å². The van der Waals surface area contributed by atoms with E-state index in [9.17, 15) is 0 Å². The summed E-state index contributed by atoms with van der Waals surface area (Å²) in [6.07, 6.45) is 4.17. The molecule has 0 fully saturated rings. The quantitative estimate of drug-likeness (QED) is 0.681. The molecule has 112 valence electrons. The van der Waals surface area contributed by atoms with Gasteiger partial charge in [-0.15, -0.1) is 5.10 Å². The monoisotopic (exact) mass is 291 g/mol. The summed E-state index contributed by atoms with van der Waals surface area (Å²) < 4.78 is 1.98. The van der Waals surface area contributed by atoms with Gasteiger partial charge in [0.25, 0.3) is 0 Å². The molecule has 0 unspecified atom stereocenters. The zero-order chi connectivity index (χ0) is 15.2. The maximum atomic E-state index is 4.44. The smallest absolute Gasteiger partial charge is 0.0867 e. The minimum atomic E-state index is 0.863. The maximum Gasteiger partial charge on any atom is 0.0867 e. The summed E-state index contributed by atoms with van der Waals surface area (Å²) in [6, 6.07) is 20.8. The Kier molecular flexibility index (Phi) is 4.64. The largest absolute Gasteiger partial charge is 0.217 e. The molecule has 0 spiro atoms. The van der Waals surface area contributed by atoms with Crippen molar-refractivity contribution in [3.63, 3.8) is 0 Å². The molecule has 3 heteroatoms. The van der Waals surface area contributed by atoms with Crippen LogP contribution in [0.4, 0.5) is 0 Å². The minimum absolute atomic E-state index is 0.863. The van der Waals surface area contributed by atoms with Crippen LogP contribution in [-0.2, 0) is 12.8 Å². The second kappa shape index (κ2) is 7.03. The lowest BCUT2D eigenvalue weighted by Crippen LogP contribution is -2.04. The zero-order valence-electron chi connectivity index (χ0n) is 12.9. The Balaban J connectivity index is 1.98. The van der Waals surface area contributed by atoms with E-state index in [4.69, 9.17) is 0 Å². The lowest BCUT2D eigenvalue weighted by molar-refractivity contribution is 0.761. The van der Waals surface area contributed by atoms with Gasteiger partial charge in [0.1, 0.15) is 0 Å². The predicted molar refractivity (Wildman–Crippen MR) is 89.2 cm³/mol. The molecule has 0 bridgehead atoms.